The maximum Gasteiger partial charge on any atom is 0.196 e. The molecule has 0 bridgehead atoms. The number of carbonyl (C=O) groups is 1. The summed E-state index contributed by atoms with van der Waals surface area (Å²) >= 11 is 3.83. The van der Waals surface area contributed by atoms with E-state index < -0.39 is 11.5 Å². The van der Waals surface area contributed by atoms with Gasteiger partial charge in [-0.15, -0.1) is 12.6 Å². The van der Waals surface area contributed by atoms with E-state index in [0.717, 1.165) is 0 Å². The highest BCUT2D eigenvalue weighted by atomic mass is 32.1. The molecule has 0 aromatic heterocycles. The van der Waals surface area contributed by atoms with Crippen LogP contribution in [0.1, 0.15) is 26.2 Å². The minimum absolute atomic E-state index is 0.228. The lowest BCUT2D eigenvalue weighted by atomic mass is 9.84. The molecule has 2 atom stereocenters. The van der Waals surface area contributed by atoms with E-state index in [-0.39, 0.29) is 5.12 Å². The van der Waals surface area contributed by atoms with Crippen LogP contribution >= 0.6 is 12.6 Å². The molecule has 4 nitrogen and oxygen atoms in total. The predicted molar refractivity (Wildman–Crippen MR) is 83.8 cm³/mol. The molecule has 1 aliphatic heterocycles. The van der Waals surface area contributed by atoms with Gasteiger partial charge in [-0.3, -0.25) is 4.79 Å². The van der Waals surface area contributed by atoms with Crippen molar-refractivity contribution in [1.82, 2.24) is 5.32 Å². The van der Waals surface area contributed by atoms with Crippen LogP contribution in [-0.4, -0.2) is 38.0 Å². The Kier molecular flexibility index (Phi) is 7.34. The highest BCUT2D eigenvalue weighted by Crippen LogP contribution is 2.35. The first-order chi connectivity index (χ1) is 9.56. The number of piperidine rings is 1. The molecular weight excluding hydrogens is 274 g/mol. The minimum Gasteiger partial charge on any atom is -0.498 e. The number of rotatable bonds is 3. The number of hydrogen-bond acceptors (Lipinski definition) is 4. The second-order valence-electron chi connectivity index (χ2n) is 5.06. The van der Waals surface area contributed by atoms with Gasteiger partial charge in [-0.05, 0) is 38.9 Å². The molecule has 1 aliphatic carbocycles. The number of carbonyl (C=O) groups excluding carboxylic acids is 1. The van der Waals surface area contributed by atoms with Crippen LogP contribution in [0, 0.1) is 5.92 Å². The smallest absolute Gasteiger partial charge is 0.196 e. The van der Waals surface area contributed by atoms with Crippen molar-refractivity contribution in [1.29, 1.82) is 0 Å². The zero-order valence-corrected chi connectivity index (χ0v) is 13.4. The first-order valence-electron chi connectivity index (χ1n) is 6.98. The van der Waals surface area contributed by atoms with Crippen LogP contribution in [0.3, 0.4) is 0 Å². The number of ether oxygens (including phenoxy) is 2. The van der Waals surface area contributed by atoms with E-state index in [1.807, 2.05) is 6.92 Å². The Balaban J connectivity index is 0.000000276. The summed E-state index contributed by atoms with van der Waals surface area (Å²) in [5.41, 5.74) is -0.748. The van der Waals surface area contributed by atoms with Crippen LogP contribution in [0.5, 0.6) is 0 Å². The van der Waals surface area contributed by atoms with E-state index >= 15 is 0 Å². The molecule has 1 heterocycles. The summed E-state index contributed by atoms with van der Waals surface area (Å²) in [6.45, 7) is 4.31. The van der Waals surface area contributed by atoms with Crippen LogP contribution in [0.2, 0.25) is 0 Å². The van der Waals surface area contributed by atoms with Crippen molar-refractivity contribution in [2.75, 3.05) is 27.3 Å². The number of methoxy groups -OCH3 is 2. The van der Waals surface area contributed by atoms with Crippen molar-refractivity contribution in [3.8, 4) is 0 Å². The lowest BCUT2D eigenvalue weighted by molar-refractivity contribution is -0.121. The zero-order chi connectivity index (χ0) is 15.0. The zero-order valence-electron chi connectivity index (χ0n) is 12.5. The standard InChI is InChI=1S/C10H14O3S.C5H11N/c1-10(13-3)7(9(11)14)5-4-6-8(10)12-2;1-2-4-6-5-3-1/h4-7H,1-3H3,(H,11,14);6H,1-5H2. The molecule has 0 amide bonds. The highest BCUT2D eigenvalue weighted by molar-refractivity contribution is 7.96. The lowest BCUT2D eigenvalue weighted by Gasteiger charge is -2.35. The summed E-state index contributed by atoms with van der Waals surface area (Å²) in [4.78, 5) is 11.3. The second-order valence-corrected chi connectivity index (χ2v) is 5.50. The monoisotopic (exact) mass is 299 g/mol. The molecule has 0 spiro atoms. The largest absolute Gasteiger partial charge is 0.498 e. The van der Waals surface area contributed by atoms with Gasteiger partial charge in [0.15, 0.2) is 5.12 Å². The van der Waals surface area contributed by atoms with Crippen molar-refractivity contribution in [3.05, 3.63) is 24.0 Å². The molecule has 2 aliphatic rings. The van der Waals surface area contributed by atoms with Gasteiger partial charge >= 0.3 is 0 Å². The first-order valence-corrected chi connectivity index (χ1v) is 7.42. The third kappa shape index (κ3) is 4.36. The number of allylic oxidation sites excluding steroid dienone is 2. The van der Waals surface area contributed by atoms with Gasteiger partial charge in [-0.25, -0.2) is 0 Å². The van der Waals surface area contributed by atoms with E-state index in [1.165, 1.54) is 32.4 Å². The van der Waals surface area contributed by atoms with Crippen molar-refractivity contribution in [3.63, 3.8) is 0 Å². The summed E-state index contributed by atoms with van der Waals surface area (Å²) in [5.74, 6) is 0.227. The Morgan fingerprint density at radius 2 is 2.00 bits per heavy atom. The molecule has 1 N–H and O–H groups in total. The van der Waals surface area contributed by atoms with E-state index in [1.54, 1.807) is 32.4 Å². The van der Waals surface area contributed by atoms with Gasteiger partial charge < -0.3 is 14.8 Å². The summed E-state index contributed by atoms with van der Waals surface area (Å²) < 4.78 is 10.5. The summed E-state index contributed by atoms with van der Waals surface area (Å²) in [7, 11) is 3.11. The van der Waals surface area contributed by atoms with Crippen LogP contribution < -0.4 is 5.32 Å². The maximum absolute atomic E-state index is 11.3. The van der Waals surface area contributed by atoms with Crippen LogP contribution in [0.25, 0.3) is 0 Å². The Morgan fingerprint density at radius 1 is 1.35 bits per heavy atom. The first kappa shape index (κ1) is 17.3. The summed E-state index contributed by atoms with van der Waals surface area (Å²) in [6.07, 6.45) is 9.55. The van der Waals surface area contributed by atoms with Crippen LogP contribution in [0.4, 0.5) is 0 Å². The van der Waals surface area contributed by atoms with E-state index in [2.05, 4.69) is 17.9 Å². The van der Waals surface area contributed by atoms with Gasteiger partial charge in [0.2, 0.25) is 0 Å². The third-order valence-electron chi connectivity index (χ3n) is 3.75. The lowest BCUT2D eigenvalue weighted by Crippen LogP contribution is -2.42. The van der Waals surface area contributed by atoms with E-state index in [4.69, 9.17) is 9.47 Å². The molecule has 0 aromatic rings. The van der Waals surface area contributed by atoms with Gasteiger partial charge in [0.05, 0.1) is 13.0 Å². The molecule has 114 valence electrons. The minimum atomic E-state index is -0.748. The Hall–Kier alpha value is -0.780. The van der Waals surface area contributed by atoms with Gasteiger partial charge in [0, 0.05) is 7.11 Å². The van der Waals surface area contributed by atoms with Gasteiger partial charge in [-0.1, -0.05) is 18.6 Å². The summed E-state index contributed by atoms with van der Waals surface area (Å²) in [6, 6.07) is 0. The topological polar surface area (TPSA) is 47.6 Å². The van der Waals surface area contributed by atoms with Crippen molar-refractivity contribution >= 4 is 17.7 Å². The SMILES string of the molecule is C1CCNCC1.COC1=CC=CC(C(=O)S)C1(C)OC. The van der Waals surface area contributed by atoms with E-state index in [9.17, 15) is 4.79 Å². The van der Waals surface area contributed by atoms with Gasteiger partial charge in [0.25, 0.3) is 0 Å². The normalized spacial score (nSPS) is 29.0. The molecule has 0 radical (unpaired) electrons. The average molecular weight is 299 g/mol. The highest BCUT2D eigenvalue weighted by Gasteiger charge is 2.42. The van der Waals surface area contributed by atoms with Crippen molar-refractivity contribution < 1.29 is 14.3 Å². The molecule has 0 aromatic carbocycles. The Labute approximate surface area is 127 Å². The fourth-order valence-electron chi connectivity index (χ4n) is 2.37. The van der Waals surface area contributed by atoms with Crippen LogP contribution in [-0.2, 0) is 14.3 Å². The average Bonchev–Trinajstić information content (AvgIpc) is 2.49. The molecule has 0 saturated carbocycles. The second kappa shape index (κ2) is 8.49. The third-order valence-corrected chi connectivity index (χ3v) is 4.03. The molecule has 2 rings (SSSR count). The predicted octanol–water partition coefficient (Wildman–Crippen LogP) is 2.32. The van der Waals surface area contributed by atoms with Crippen molar-refractivity contribution in [2.45, 2.75) is 31.8 Å². The quantitative estimate of drug-likeness (QED) is 0.785. The van der Waals surface area contributed by atoms with Gasteiger partial charge in [-0.2, -0.15) is 0 Å². The van der Waals surface area contributed by atoms with Crippen molar-refractivity contribution in [2.24, 2.45) is 5.92 Å². The number of thiol groups is 1. The number of hydrogen-bond donors (Lipinski definition) is 2. The molecule has 1 saturated heterocycles. The molecule has 1 fully saturated rings. The molecule has 20 heavy (non-hydrogen) atoms. The van der Waals surface area contributed by atoms with E-state index in [0.29, 0.717) is 5.76 Å². The molecular formula is C15H25NO3S. The fraction of sp³-hybridized carbons (Fsp3) is 0.667. The molecule has 5 heteroatoms. The fourth-order valence-corrected chi connectivity index (χ4v) is 2.71. The maximum atomic E-state index is 11.3. The Bertz CT molecular complexity index is 366. The van der Waals surface area contributed by atoms with Gasteiger partial charge in [0.1, 0.15) is 11.4 Å². The number of nitrogens with one attached hydrogen (secondary N) is 1. The van der Waals surface area contributed by atoms with Crippen LogP contribution in [0.15, 0.2) is 24.0 Å². The molecule has 2 unspecified atom stereocenters. The Morgan fingerprint density at radius 3 is 2.35 bits per heavy atom. The summed E-state index contributed by atoms with van der Waals surface area (Å²) in [5, 5.41) is 3.06.